The lowest BCUT2D eigenvalue weighted by molar-refractivity contribution is 0.102. The predicted octanol–water partition coefficient (Wildman–Crippen LogP) is 5.47. The van der Waals surface area contributed by atoms with Crippen LogP contribution in [0.25, 0.3) is 10.2 Å². The Morgan fingerprint density at radius 1 is 1.14 bits per heavy atom. The molecule has 3 aromatic rings. The first kappa shape index (κ1) is 15.3. The summed E-state index contributed by atoms with van der Waals surface area (Å²) in [5.41, 5.74) is 3.47. The molecule has 0 unspecified atom stereocenters. The normalized spacial score (nSPS) is 10.9. The predicted molar refractivity (Wildman–Crippen MR) is 93.5 cm³/mol. The number of aromatic nitrogens is 1. The largest absolute Gasteiger partial charge is 0.298 e. The Morgan fingerprint density at radius 3 is 2.59 bits per heavy atom. The van der Waals surface area contributed by atoms with Gasteiger partial charge in [-0.05, 0) is 37.1 Å². The molecule has 1 amide bonds. The average Bonchev–Trinajstić information content (AvgIpc) is 2.91. The number of carbonyl (C=O) groups is 1. The Kier molecular flexibility index (Phi) is 4.08. The van der Waals surface area contributed by atoms with Crippen molar-refractivity contribution in [3.05, 3.63) is 57.1 Å². The lowest BCUT2D eigenvalue weighted by Crippen LogP contribution is -2.12. The number of carbonyl (C=O) groups excluding carboxylic acids is 1. The third kappa shape index (κ3) is 2.70. The number of hydrogen-bond donors (Lipinski definition) is 1. The molecule has 6 heteroatoms. The van der Waals surface area contributed by atoms with Gasteiger partial charge in [0.05, 0.1) is 25.8 Å². The van der Waals surface area contributed by atoms with Crippen LogP contribution in [0.5, 0.6) is 0 Å². The zero-order valence-corrected chi connectivity index (χ0v) is 14.2. The molecule has 22 heavy (non-hydrogen) atoms. The standard InChI is InChI=1S/C16H12Cl2N2OS/c1-8-6-7-9(2)14-13(8)19-16(22-14)20-15(21)10-4-3-5-11(17)12(10)18/h3-7H,1-2H3,(H,19,20,21). The van der Waals surface area contributed by atoms with Crippen molar-refractivity contribution in [3.8, 4) is 0 Å². The molecule has 3 nitrogen and oxygen atoms in total. The maximum Gasteiger partial charge on any atom is 0.259 e. The molecule has 112 valence electrons. The highest BCUT2D eigenvalue weighted by atomic mass is 35.5. The van der Waals surface area contributed by atoms with Crippen molar-refractivity contribution >= 4 is 55.8 Å². The molecule has 0 fully saturated rings. The van der Waals surface area contributed by atoms with Crippen LogP contribution in [0.3, 0.4) is 0 Å². The zero-order chi connectivity index (χ0) is 15.9. The van der Waals surface area contributed by atoms with Gasteiger partial charge in [0.15, 0.2) is 5.13 Å². The van der Waals surface area contributed by atoms with Gasteiger partial charge in [-0.25, -0.2) is 4.98 Å². The fourth-order valence-corrected chi connectivity index (χ4v) is 3.55. The number of nitrogens with one attached hydrogen (secondary N) is 1. The summed E-state index contributed by atoms with van der Waals surface area (Å²) in [6.07, 6.45) is 0. The Morgan fingerprint density at radius 2 is 1.86 bits per heavy atom. The van der Waals surface area contributed by atoms with E-state index in [1.165, 1.54) is 11.3 Å². The molecule has 0 atom stereocenters. The number of rotatable bonds is 2. The van der Waals surface area contributed by atoms with E-state index in [2.05, 4.69) is 16.4 Å². The second-order valence-corrected chi connectivity index (χ2v) is 6.74. The number of nitrogens with zero attached hydrogens (tertiary/aromatic N) is 1. The molecule has 0 saturated carbocycles. The first-order valence-electron chi connectivity index (χ1n) is 6.59. The van der Waals surface area contributed by atoms with Crippen molar-refractivity contribution in [2.45, 2.75) is 13.8 Å². The maximum absolute atomic E-state index is 12.3. The molecule has 1 N–H and O–H groups in total. The summed E-state index contributed by atoms with van der Waals surface area (Å²) in [5.74, 6) is -0.318. The van der Waals surface area contributed by atoms with Crippen LogP contribution in [0.1, 0.15) is 21.5 Å². The number of anilines is 1. The molecule has 0 aliphatic carbocycles. The van der Waals surface area contributed by atoms with Crippen LogP contribution in [0.4, 0.5) is 5.13 Å². The summed E-state index contributed by atoms with van der Waals surface area (Å²) >= 11 is 13.5. The molecule has 3 rings (SSSR count). The maximum atomic E-state index is 12.3. The summed E-state index contributed by atoms with van der Waals surface area (Å²) in [4.78, 5) is 16.8. The second-order valence-electron chi connectivity index (χ2n) is 4.95. The third-order valence-corrected chi connectivity index (χ3v) is 5.28. The quantitative estimate of drug-likeness (QED) is 0.665. The summed E-state index contributed by atoms with van der Waals surface area (Å²) in [6.45, 7) is 4.03. The third-order valence-electron chi connectivity index (χ3n) is 3.36. The first-order chi connectivity index (χ1) is 10.5. The number of fused-ring (bicyclic) bond motifs is 1. The van der Waals surface area contributed by atoms with Gasteiger partial charge in [0.1, 0.15) is 0 Å². The highest BCUT2D eigenvalue weighted by Crippen LogP contribution is 2.32. The van der Waals surface area contributed by atoms with Crippen molar-refractivity contribution in [1.82, 2.24) is 4.98 Å². The van der Waals surface area contributed by atoms with Gasteiger partial charge in [-0.3, -0.25) is 10.1 Å². The van der Waals surface area contributed by atoms with Gasteiger partial charge in [-0.2, -0.15) is 0 Å². The number of thiazole rings is 1. The molecule has 1 aromatic heterocycles. The van der Waals surface area contributed by atoms with Gasteiger partial charge in [-0.1, -0.05) is 52.7 Å². The van der Waals surface area contributed by atoms with Crippen molar-refractivity contribution in [3.63, 3.8) is 0 Å². The van der Waals surface area contributed by atoms with E-state index in [4.69, 9.17) is 23.2 Å². The summed E-state index contributed by atoms with van der Waals surface area (Å²) in [6, 6.07) is 9.04. The highest BCUT2D eigenvalue weighted by molar-refractivity contribution is 7.22. The number of benzene rings is 2. The fraction of sp³-hybridized carbons (Fsp3) is 0.125. The lowest BCUT2D eigenvalue weighted by Gasteiger charge is -2.04. The van der Waals surface area contributed by atoms with E-state index >= 15 is 0 Å². The zero-order valence-electron chi connectivity index (χ0n) is 11.9. The average molecular weight is 351 g/mol. The molecule has 0 radical (unpaired) electrons. The van der Waals surface area contributed by atoms with E-state index in [0.717, 1.165) is 21.3 Å². The van der Waals surface area contributed by atoms with E-state index in [9.17, 15) is 4.79 Å². The van der Waals surface area contributed by atoms with Gasteiger partial charge in [0.2, 0.25) is 0 Å². The van der Waals surface area contributed by atoms with Crippen molar-refractivity contribution in [2.75, 3.05) is 5.32 Å². The SMILES string of the molecule is Cc1ccc(C)c2sc(NC(=O)c3cccc(Cl)c3Cl)nc12. The van der Waals surface area contributed by atoms with Crippen molar-refractivity contribution in [2.24, 2.45) is 0 Å². The number of aryl methyl sites for hydroxylation is 2. The van der Waals surface area contributed by atoms with Crippen LogP contribution in [0, 0.1) is 13.8 Å². The smallest absolute Gasteiger partial charge is 0.259 e. The van der Waals surface area contributed by atoms with Crippen LogP contribution >= 0.6 is 34.5 Å². The Labute approximate surface area is 141 Å². The fourth-order valence-electron chi connectivity index (χ4n) is 2.16. The van der Waals surface area contributed by atoms with Gasteiger partial charge in [-0.15, -0.1) is 0 Å². The summed E-state index contributed by atoms with van der Waals surface area (Å²) in [7, 11) is 0. The Balaban J connectivity index is 1.96. The van der Waals surface area contributed by atoms with E-state index in [0.29, 0.717) is 15.7 Å². The molecular formula is C16H12Cl2N2OS. The Bertz CT molecular complexity index is 850. The van der Waals surface area contributed by atoms with Gasteiger partial charge in [0.25, 0.3) is 5.91 Å². The first-order valence-corrected chi connectivity index (χ1v) is 8.16. The van der Waals surface area contributed by atoms with Gasteiger partial charge >= 0.3 is 0 Å². The molecule has 0 spiro atoms. The molecular weight excluding hydrogens is 339 g/mol. The number of hydrogen-bond acceptors (Lipinski definition) is 3. The van der Waals surface area contributed by atoms with Crippen LogP contribution in [-0.2, 0) is 0 Å². The van der Waals surface area contributed by atoms with E-state index in [1.54, 1.807) is 18.2 Å². The van der Waals surface area contributed by atoms with Crippen molar-refractivity contribution < 1.29 is 4.79 Å². The summed E-state index contributed by atoms with van der Waals surface area (Å²) in [5, 5.41) is 3.94. The minimum Gasteiger partial charge on any atom is -0.298 e. The lowest BCUT2D eigenvalue weighted by atomic mass is 10.1. The number of amides is 1. The topological polar surface area (TPSA) is 42.0 Å². The van der Waals surface area contributed by atoms with E-state index in [1.807, 2.05) is 19.9 Å². The van der Waals surface area contributed by atoms with Gasteiger partial charge < -0.3 is 0 Å². The van der Waals surface area contributed by atoms with E-state index in [-0.39, 0.29) is 10.9 Å². The van der Waals surface area contributed by atoms with Crippen LogP contribution in [0.15, 0.2) is 30.3 Å². The van der Waals surface area contributed by atoms with E-state index < -0.39 is 0 Å². The van der Waals surface area contributed by atoms with Crippen LogP contribution < -0.4 is 5.32 Å². The molecule has 0 aliphatic rings. The Hall–Kier alpha value is -1.62. The molecule has 0 bridgehead atoms. The van der Waals surface area contributed by atoms with Crippen LogP contribution in [0.2, 0.25) is 10.0 Å². The molecule has 0 saturated heterocycles. The molecule has 0 aliphatic heterocycles. The minimum atomic E-state index is -0.318. The molecule has 2 aromatic carbocycles. The summed E-state index contributed by atoms with van der Waals surface area (Å²) < 4.78 is 1.08. The van der Waals surface area contributed by atoms with Crippen LogP contribution in [-0.4, -0.2) is 10.9 Å². The monoisotopic (exact) mass is 350 g/mol. The van der Waals surface area contributed by atoms with Gasteiger partial charge in [0, 0.05) is 0 Å². The second kappa shape index (κ2) is 5.88. The number of halogens is 2. The molecule has 1 heterocycles. The highest BCUT2D eigenvalue weighted by Gasteiger charge is 2.15. The minimum absolute atomic E-state index is 0.245. The van der Waals surface area contributed by atoms with Crippen molar-refractivity contribution in [1.29, 1.82) is 0 Å².